The second-order valence-corrected chi connectivity index (χ2v) is 5.86. The number of nitrogens with zero attached hydrogens (tertiary/aromatic N) is 2. The minimum atomic E-state index is -3.26. The standard InChI is InChI=1S/C12H13N3O3S/c1-13-11-7-14-8-12(15-11)18-9-4-3-5-10(6-9)19(2,16)17/h3-8H,1-2H3,(H,13,15). The topological polar surface area (TPSA) is 81.2 Å². The van der Waals surface area contributed by atoms with Crippen molar-refractivity contribution in [3.63, 3.8) is 0 Å². The molecule has 1 aromatic heterocycles. The molecular formula is C12H13N3O3S. The molecule has 100 valence electrons. The van der Waals surface area contributed by atoms with Crippen LogP contribution in [-0.4, -0.2) is 31.7 Å². The van der Waals surface area contributed by atoms with Gasteiger partial charge < -0.3 is 10.1 Å². The summed E-state index contributed by atoms with van der Waals surface area (Å²) in [6.45, 7) is 0. The van der Waals surface area contributed by atoms with Crippen molar-refractivity contribution in [3.05, 3.63) is 36.7 Å². The molecule has 0 atom stereocenters. The lowest BCUT2D eigenvalue weighted by Gasteiger charge is -2.07. The van der Waals surface area contributed by atoms with E-state index in [1.165, 1.54) is 18.3 Å². The zero-order chi connectivity index (χ0) is 13.9. The molecule has 0 unspecified atom stereocenters. The Balaban J connectivity index is 2.28. The van der Waals surface area contributed by atoms with Crippen LogP contribution < -0.4 is 10.1 Å². The van der Waals surface area contributed by atoms with Crippen molar-refractivity contribution < 1.29 is 13.2 Å². The van der Waals surface area contributed by atoms with Crippen molar-refractivity contribution in [1.82, 2.24) is 9.97 Å². The quantitative estimate of drug-likeness (QED) is 0.917. The number of hydrogen-bond donors (Lipinski definition) is 1. The molecule has 1 aromatic carbocycles. The second-order valence-electron chi connectivity index (χ2n) is 3.84. The maximum absolute atomic E-state index is 11.4. The average molecular weight is 279 g/mol. The molecule has 0 aliphatic rings. The summed E-state index contributed by atoms with van der Waals surface area (Å²) in [6, 6.07) is 6.23. The number of rotatable bonds is 4. The third-order valence-corrected chi connectivity index (χ3v) is 3.43. The van der Waals surface area contributed by atoms with Crippen molar-refractivity contribution in [2.45, 2.75) is 4.90 Å². The molecule has 0 saturated heterocycles. The van der Waals surface area contributed by atoms with Crippen molar-refractivity contribution in [2.75, 3.05) is 18.6 Å². The molecule has 0 amide bonds. The number of ether oxygens (including phenoxy) is 1. The van der Waals surface area contributed by atoms with Gasteiger partial charge in [-0.15, -0.1) is 0 Å². The van der Waals surface area contributed by atoms with Gasteiger partial charge in [-0.05, 0) is 18.2 Å². The van der Waals surface area contributed by atoms with Crippen molar-refractivity contribution in [2.24, 2.45) is 0 Å². The molecule has 7 heteroatoms. The highest BCUT2D eigenvalue weighted by atomic mass is 32.2. The first-order chi connectivity index (χ1) is 8.99. The van der Waals surface area contributed by atoms with Gasteiger partial charge in [0.05, 0.1) is 17.3 Å². The van der Waals surface area contributed by atoms with Gasteiger partial charge in [0.1, 0.15) is 11.6 Å². The highest BCUT2D eigenvalue weighted by molar-refractivity contribution is 7.90. The lowest BCUT2D eigenvalue weighted by atomic mass is 10.3. The fraction of sp³-hybridized carbons (Fsp3) is 0.167. The van der Waals surface area contributed by atoms with Crippen LogP contribution in [0.4, 0.5) is 5.82 Å². The maximum Gasteiger partial charge on any atom is 0.239 e. The van der Waals surface area contributed by atoms with Crippen molar-refractivity contribution in [1.29, 1.82) is 0 Å². The highest BCUT2D eigenvalue weighted by Gasteiger charge is 2.08. The number of sulfone groups is 1. The fourth-order valence-corrected chi connectivity index (χ4v) is 2.06. The third kappa shape index (κ3) is 3.41. The smallest absolute Gasteiger partial charge is 0.239 e. The SMILES string of the molecule is CNc1cncc(Oc2cccc(S(C)(=O)=O)c2)n1. The van der Waals surface area contributed by atoms with Gasteiger partial charge in [-0.25, -0.2) is 8.42 Å². The molecular weight excluding hydrogens is 266 g/mol. The minimum Gasteiger partial charge on any atom is -0.437 e. The molecule has 1 N–H and O–H groups in total. The van der Waals surface area contributed by atoms with Crippen LogP contribution in [0.25, 0.3) is 0 Å². The van der Waals surface area contributed by atoms with Crippen LogP contribution in [0.5, 0.6) is 11.6 Å². The molecule has 2 aromatic rings. The summed E-state index contributed by atoms with van der Waals surface area (Å²) in [7, 11) is -1.54. The van der Waals surface area contributed by atoms with Crippen LogP contribution in [0.3, 0.4) is 0 Å². The molecule has 0 spiro atoms. The van der Waals surface area contributed by atoms with Gasteiger partial charge in [0.25, 0.3) is 0 Å². The summed E-state index contributed by atoms with van der Waals surface area (Å²) >= 11 is 0. The maximum atomic E-state index is 11.4. The molecule has 0 bridgehead atoms. The number of aromatic nitrogens is 2. The molecule has 0 aliphatic carbocycles. The van der Waals surface area contributed by atoms with Crippen LogP contribution in [0.1, 0.15) is 0 Å². The molecule has 0 radical (unpaired) electrons. The zero-order valence-corrected chi connectivity index (χ0v) is 11.3. The summed E-state index contributed by atoms with van der Waals surface area (Å²) < 4.78 is 28.4. The Hall–Kier alpha value is -2.15. The Morgan fingerprint density at radius 2 is 2.05 bits per heavy atom. The number of benzene rings is 1. The van der Waals surface area contributed by atoms with E-state index in [1.54, 1.807) is 25.4 Å². The average Bonchev–Trinajstić information content (AvgIpc) is 2.38. The number of nitrogens with one attached hydrogen (secondary N) is 1. The molecule has 2 rings (SSSR count). The van der Waals surface area contributed by atoms with E-state index >= 15 is 0 Å². The van der Waals surface area contributed by atoms with E-state index in [1.807, 2.05) is 0 Å². The van der Waals surface area contributed by atoms with Gasteiger partial charge >= 0.3 is 0 Å². The predicted octanol–water partition coefficient (Wildman–Crippen LogP) is 1.71. The van der Waals surface area contributed by atoms with E-state index in [9.17, 15) is 8.42 Å². The minimum absolute atomic E-state index is 0.197. The van der Waals surface area contributed by atoms with Crippen LogP contribution >= 0.6 is 0 Å². The summed E-state index contributed by atoms with van der Waals surface area (Å²) in [6.07, 6.45) is 4.15. The third-order valence-electron chi connectivity index (χ3n) is 2.32. The Labute approximate surface area is 111 Å². The highest BCUT2D eigenvalue weighted by Crippen LogP contribution is 2.22. The van der Waals surface area contributed by atoms with Crippen LogP contribution in [-0.2, 0) is 9.84 Å². The van der Waals surface area contributed by atoms with Gasteiger partial charge in [0, 0.05) is 13.3 Å². The Morgan fingerprint density at radius 1 is 1.26 bits per heavy atom. The molecule has 0 aliphatic heterocycles. The van der Waals surface area contributed by atoms with E-state index in [2.05, 4.69) is 15.3 Å². The van der Waals surface area contributed by atoms with Gasteiger partial charge in [0.15, 0.2) is 9.84 Å². The normalized spacial score (nSPS) is 11.1. The van der Waals surface area contributed by atoms with Gasteiger partial charge in [0.2, 0.25) is 5.88 Å². The Kier molecular flexibility index (Phi) is 3.66. The monoisotopic (exact) mass is 279 g/mol. The number of anilines is 1. The fourth-order valence-electron chi connectivity index (χ4n) is 1.41. The molecule has 0 saturated carbocycles. The first kappa shape index (κ1) is 13.3. The van der Waals surface area contributed by atoms with E-state index in [-0.39, 0.29) is 10.8 Å². The van der Waals surface area contributed by atoms with E-state index in [0.29, 0.717) is 11.6 Å². The second kappa shape index (κ2) is 5.23. The van der Waals surface area contributed by atoms with Crippen LogP contribution in [0, 0.1) is 0 Å². The molecule has 0 fully saturated rings. The Morgan fingerprint density at radius 3 is 2.74 bits per heavy atom. The van der Waals surface area contributed by atoms with Gasteiger partial charge in [-0.1, -0.05) is 6.07 Å². The van der Waals surface area contributed by atoms with Crippen molar-refractivity contribution >= 4 is 15.7 Å². The van der Waals surface area contributed by atoms with Gasteiger partial charge in [-0.3, -0.25) is 4.98 Å². The predicted molar refractivity (Wildman–Crippen MR) is 71.2 cm³/mol. The van der Waals surface area contributed by atoms with E-state index < -0.39 is 9.84 Å². The van der Waals surface area contributed by atoms with E-state index in [4.69, 9.17) is 4.74 Å². The lowest BCUT2D eigenvalue weighted by molar-refractivity contribution is 0.459. The van der Waals surface area contributed by atoms with Crippen LogP contribution in [0.2, 0.25) is 0 Å². The molecule has 6 nitrogen and oxygen atoms in total. The molecule has 19 heavy (non-hydrogen) atoms. The summed E-state index contributed by atoms with van der Waals surface area (Å²) in [5.74, 6) is 1.25. The summed E-state index contributed by atoms with van der Waals surface area (Å²) in [5.41, 5.74) is 0. The first-order valence-electron chi connectivity index (χ1n) is 5.47. The van der Waals surface area contributed by atoms with Crippen molar-refractivity contribution in [3.8, 4) is 11.6 Å². The lowest BCUT2D eigenvalue weighted by Crippen LogP contribution is -1.98. The van der Waals surface area contributed by atoms with Crippen LogP contribution in [0.15, 0.2) is 41.6 Å². The van der Waals surface area contributed by atoms with E-state index in [0.717, 1.165) is 6.26 Å². The number of hydrogen-bond acceptors (Lipinski definition) is 6. The van der Waals surface area contributed by atoms with Gasteiger partial charge in [-0.2, -0.15) is 4.98 Å². The zero-order valence-electron chi connectivity index (χ0n) is 10.5. The molecule has 1 heterocycles. The largest absolute Gasteiger partial charge is 0.437 e. The first-order valence-corrected chi connectivity index (χ1v) is 7.36. The summed E-state index contributed by atoms with van der Waals surface area (Å²) in [5, 5.41) is 2.84. The Bertz CT molecular complexity index is 686. The summed E-state index contributed by atoms with van der Waals surface area (Å²) in [4.78, 5) is 8.28.